The van der Waals surface area contributed by atoms with Crippen molar-refractivity contribution in [3.05, 3.63) is 27.8 Å². The third-order valence-electron chi connectivity index (χ3n) is 2.36. The Morgan fingerprint density at radius 2 is 2.24 bits per heavy atom. The van der Waals surface area contributed by atoms with Crippen LogP contribution >= 0.6 is 11.3 Å². The number of nitrogens with zero attached hydrogens (tertiary/aromatic N) is 3. The van der Waals surface area contributed by atoms with Crippen molar-refractivity contribution < 1.29 is 0 Å². The molecule has 0 saturated heterocycles. The summed E-state index contributed by atoms with van der Waals surface area (Å²) in [6.07, 6.45) is 2.68. The fourth-order valence-corrected chi connectivity index (χ4v) is 2.20. The first-order valence-corrected chi connectivity index (χ1v) is 6.33. The number of aromatic nitrogens is 3. The van der Waals surface area contributed by atoms with E-state index in [1.165, 1.54) is 0 Å². The Morgan fingerprint density at radius 1 is 1.41 bits per heavy atom. The van der Waals surface area contributed by atoms with E-state index in [0.29, 0.717) is 6.54 Å². The van der Waals surface area contributed by atoms with E-state index in [9.17, 15) is 0 Å². The molecule has 0 atom stereocenters. The zero-order valence-electron chi connectivity index (χ0n) is 9.90. The van der Waals surface area contributed by atoms with Crippen molar-refractivity contribution >= 4 is 23.1 Å². The molecule has 17 heavy (non-hydrogen) atoms. The van der Waals surface area contributed by atoms with Crippen LogP contribution in [0.15, 0.2) is 11.6 Å². The molecule has 6 heteroatoms. The van der Waals surface area contributed by atoms with Crippen molar-refractivity contribution in [2.24, 2.45) is 0 Å². The minimum absolute atomic E-state index is 0.284. The van der Waals surface area contributed by atoms with Crippen molar-refractivity contribution in [3.8, 4) is 0 Å². The highest BCUT2D eigenvalue weighted by Gasteiger charge is 2.04. The summed E-state index contributed by atoms with van der Waals surface area (Å²) in [5.41, 5.74) is 7.66. The minimum atomic E-state index is 0.284. The molecule has 0 saturated carbocycles. The molecular weight excluding hydrogens is 234 g/mol. The standard InChI is InChI=1S/C11H15N5S/c1-3-8-6-17-9(15-8)5-13-10-7(2)4-14-11(12)16-10/h4,6H,3,5H2,1-2H3,(H3,12,13,14,16). The zero-order valence-corrected chi connectivity index (χ0v) is 10.7. The number of rotatable bonds is 4. The molecule has 2 aromatic heterocycles. The van der Waals surface area contributed by atoms with Crippen LogP contribution < -0.4 is 11.1 Å². The van der Waals surface area contributed by atoms with Crippen molar-refractivity contribution in [2.75, 3.05) is 11.1 Å². The molecule has 0 bridgehead atoms. The summed E-state index contributed by atoms with van der Waals surface area (Å²) in [4.78, 5) is 12.5. The summed E-state index contributed by atoms with van der Waals surface area (Å²) in [6.45, 7) is 4.71. The van der Waals surface area contributed by atoms with Gasteiger partial charge in [-0.3, -0.25) is 0 Å². The number of aryl methyl sites for hydroxylation is 2. The van der Waals surface area contributed by atoms with E-state index in [1.807, 2.05) is 6.92 Å². The number of hydrogen-bond acceptors (Lipinski definition) is 6. The van der Waals surface area contributed by atoms with Gasteiger partial charge >= 0.3 is 0 Å². The fraction of sp³-hybridized carbons (Fsp3) is 0.364. The van der Waals surface area contributed by atoms with Gasteiger partial charge < -0.3 is 11.1 Å². The number of thiazole rings is 1. The van der Waals surface area contributed by atoms with Gasteiger partial charge in [0.25, 0.3) is 0 Å². The van der Waals surface area contributed by atoms with E-state index >= 15 is 0 Å². The van der Waals surface area contributed by atoms with Gasteiger partial charge in [-0.1, -0.05) is 6.92 Å². The second kappa shape index (κ2) is 5.09. The lowest BCUT2D eigenvalue weighted by atomic mass is 10.3. The monoisotopic (exact) mass is 249 g/mol. The van der Waals surface area contributed by atoms with E-state index in [-0.39, 0.29) is 5.95 Å². The Balaban J connectivity index is 2.04. The smallest absolute Gasteiger partial charge is 0.221 e. The predicted molar refractivity (Wildman–Crippen MR) is 70.0 cm³/mol. The van der Waals surface area contributed by atoms with Crippen LogP contribution in [0.2, 0.25) is 0 Å². The lowest BCUT2D eigenvalue weighted by Gasteiger charge is -2.06. The Kier molecular flexibility index (Phi) is 3.53. The number of anilines is 2. The summed E-state index contributed by atoms with van der Waals surface area (Å²) in [7, 11) is 0. The molecule has 90 valence electrons. The van der Waals surface area contributed by atoms with Gasteiger partial charge in [0.2, 0.25) is 5.95 Å². The molecule has 2 rings (SSSR count). The van der Waals surface area contributed by atoms with Crippen molar-refractivity contribution in [3.63, 3.8) is 0 Å². The highest BCUT2D eigenvalue weighted by Crippen LogP contribution is 2.15. The molecule has 3 N–H and O–H groups in total. The maximum absolute atomic E-state index is 5.55. The molecule has 0 aliphatic carbocycles. The molecule has 0 amide bonds. The van der Waals surface area contributed by atoms with Gasteiger partial charge in [-0.25, -0.2) is 9.97 Å². The van der Waals surface area contributed by atoms with Gasteiger partial charge in [0, 0.05) is 17.1 Å². The Hall–Kier alpha value is -1.69. The van der Waals surface area contributed by atoms with Crippen LogP contribution in [0.3, 0.4) is 0 Å². The first kappa shape index (κ1) is 11.8. The first-order chi connectivity index (χ1) is 8.19. The maximum Gasteiger partial charge on any atom is 0.221 e. The summed E-state index contributed by atoms with van der Waals surface area (Å²) in [6, 6.07) is 0. The minimum Gasteiger partial charge on any atom is -0.368 e. The van der Waals surface area contributed by atoms with Crippen LogP contribution in [-0.2, 0) is 13.0 Å². The first-order valence-electron chi connectivity index (χ1n) is 5.45. The quantitative estimate of drug-likeness (QED) is 0.866. The van der Waals surface area contributed by atoms with Gasteiger partial charge in [-0.2, -0.15) is 4.98 Å². The van der Waals surface area contributed by atoms with Gasteiger partial charge in [0.1, 0.15) is 10.8 Å². The van der Waals surface area contributed by atoms with E-state index in [1.54, 1.807) is 17.5 Å². The molecule has 0 aliphatic rings. The van der Waals surface area contributed by atoms with E-state index in [4.69, 9.17) is 5.73 Å². The lowest BCUT2D eigenvalue weighted by Crippen LogP contribution is -2.06. The molecule has 0 fully saturated rings. The third-order valence-corrected chi connectivity index (χ3v) is 3.26. The maximum atomic E-state index is 5.55. The summed E-state index contributed by atoms with van der Waals surface area (Å²) < 4.78 is 0. The molecule has 0 aliphatic heterocycles. The van der Waals surface area contributed by atoms with E-state index in [2.05, 4.69) is 32.6 Å². The molecule has 5 nitrogen and oxygen atoms in total. The van der Waals surface area contributed by atoms with Gasteiger partial charge in [0.05, 0.1) is 12.2 Å². The van der Waals surface area contributed by atoms with Crippen molar-refractivity contribution in [1.29, 1.82) is 0 Å². The van der Waals surface area contributed by atoms with Crippen molar-refractivity contribution in [2.45, 2.75) is 26.8 Å². The average molecular weight is 249 g/mol. The van der Waals surface area contributed by atoms with Crippen LogP contribution in [0.1, 0.15) is 23.2 Å². The molecular formula is C11H15N5S. The highest BCUT2D eigenvalue weighted by molar-refractivity contribution is 7.09. The topological polar surface area (TPSA) is 76.7 Å². The SMILES string of the molecule is CCc1csc(CNc2nc(N)ncc2C)n1. The summed E-state index contributed by atoms with van der Waals surface area (Å²) >= 11 is 1.66. The lowest BCUT2D eigenvalue weighted by molar-refractivity contribution is 0.995. The normalized spacial score (nSPS) is 10.5. The van der Waals surface area contributed by atoms with Crippen molar-refractivity contribution in [1.82, 2.24) is 15.0 Å². The molecule has 2 heterocycles. The van der Waals surface area contributed by atoms with Crippen LogP contribution in [0.4, 0.5) is 11.8 Å². The second-order valence-corrected chi connectivity index (χ2v) is 4.64. The third kappa shape index (κ3) is 2.91. The largest absolute Gasteiger partial charge is 0.368 e. The van der Waals surface area contributed by atoms with Crippen LogP contribution in [0.25, 0.3) is 0 Å². The van der Waals surface area contributed by atoms with Crippen LogP contribution in [-0.4, -0.2) is 15.0 Å². The molecule has 0 radical (unpaired) electrons. The number of nitrogens with one attached hydrogen (secondary N) is 1. The molecule has 0 aromatic carbocycles. The van der Waals surface area contributed by atoms with Gasteiger partial charge in [-0.05, 0) is 13.3 Å². The van der Waals surface area contributed by atoms with Gasteiger partial charge in [0.15, 0.2) is 0 Å². The Bertz CT molecular complexity index is 508. The highest BCUT2D eigenvalue weighted by atomic mass is 32.1. The van der Waals surface area contributed by atoms with Crippen LogP contribution in [0.5, 0.6) is 0 Å². The fourth-order valence-electron chi connectivity index (χ4n) is 1.39. The number of hydrogen-bond donors (Lipinski definition) is 2. The molecule has 0 unspecified atom stereocenters. The Morgan fingerprint density at radius 3 is 2.94 bits per heavy atom. The predicted octanol–water partition coefficient (Wildman–Crippen LogP) is 2.00. The molecule has 0 spiro atoms. The summed E-state index contributed by atoms with van der Waals surface area (Å²) in [5, 5.41) is 6.36. The zero-order chi connectivity index (χ0) is 12.3. The summed E-state index contributed by atoms with van der Waals surface area (Å²) in [5.74, 6) is 1.05. The second-order valence-electron chi connectivity index (χ2n) is 3.70. The average Bonchev–Trinajstić information content (AvgIpc) is 2.78. The number of nitrogens with two attached hydrogens (primary N) is 1. The van der Waals surface area contributed by atoms with Crippen LogP contribution in [0, 0.1) is 6.92 Å². The van der Waals surface area contributed by atoms with E-state index in [0.717, 1.165) is 28.5 Å². The Labute approximate surface area is 104 Å². The van der Waals surface area contributed by atoms with E-state index < -0.39 is 0 Å². The number of nitrogen functional groups attached to an aromatic ring is 1. The molecule has 2 aromatic rings. The van der Waals surface area contributed by atoms with Gasteiger partial charge in [-0.15, -0.1) is 11.3 Å².